The molecule has 2 heterocycles. The summed E-state index contributed by atoms with van der Waals surface area (Å²) in [7, 11) is 0. The lowest BCUT2D eigenvalue weighted by Gasteiger charge is -2.13. The molecule has 0 radical (unpaired) electrons. The molecule has 0 aliphatic heterocycles. The van der Waals surface area contributed by atoms with Gasteiger partial charge in [-0.2, -0.15) is 0 Å². The van der Waals surface area contributed by atoms with Crippen molar-refractivity contribution in [1.29, 1.82) is 0 Å². The van der Waals surface area contributed by atoms with Crippen molar-refractivity contribution in [3.63, 3.8) is 0 Å². The fraction of sp³-hybridized carbons (Fsp3) is 0.615. The second kappa shape index (κ2) is 5.36. The van der Waals surface area contributed by atoms with Gasteiger partial charge in [0.15, 0.2) is 0 Å². The Morgan fingerprint density at radius 2 is 2.16 bits per heavy atom. The predicted octanol–water partition coefficient (Wildman–Crippen LogP) is 3.51. The number of hydrogen-bond donors (Lipinski definition) is 1. The Morgan fingerprint density at radius 1 is 1.42 bits per heavy atom. The van der Waals surface area contributed by atoms with Gasteiger partial charge in [0.2, 0.25) is 11.0 Å². The monoisotopic (exact) mass is 280 g/mol. The SMILES string of the molecule is CCc1nc(SC(C)c2ncc(C(C)(C)C)o2)n[nH]1. The summed E-state index contributed by atoms with van der Waals surface area (Å²) in [5.41, 5.74) is -0.0183. The number of oxazole rings is 1. The van der Waals surface area contributed by atoms with Gasteiger partial charge >= 0.3 is 0 Å². The normalized spacial score (nSPS) is 13.7. The summed E-state index contributed by atoms with van der Waals surface area (Å²) in [6.45, 7) is 10.4. The fourth-order valence-electron chi connectivity index (χ4n) is 1.52. The summed E-state index contributed by atoms with van der Waals surface area (Å²) in [5, 5.41) is 7.90. The van der Waals surface area contributed by atoms with Gasteiger partial charge in [0.1, 0.15) is 11.6 Å². The minimum atomic E-state index is -0.0183. The van der Waals surface area contributed by atoms with Crippen LogP contribution in [0.15, 0.2) is 15.8 Å². The third-order valence-corrected chi connectivity index (χ3v) is 3.69. The van der Waals surface area contributed by atoms with Crippen molar-refractivity contribution in [2.24, 2.45) is 0 Å². The molecule has 1 unspecified atom stereocenters. The van der Waals surface area contributed by atoms with Gasteiger partial charge in [-0.05, 0) is 6.92 Å². The van der Waals surface area contributed by atoms with Crippen molar-refractivity contribution in [1.82, 2.24) is 20.2 Å². The van der Waals surface area contributed by atoms with Crippen LogP contribution in [0.3, 0.4) is 0 Å². The molecular formula is C13H20N4OS. The van der Waals surface area contributed by atoms with E-state index in [0.717, 1.165) is 29.1 Å². The summed E-state index contributed by atoms with van der Waals surface area (Å²) in [4.78, 5) is 8.73. The van der Waals surface area contributed by atoms with E-state index in [1.165, 1.54) is 0 Å². The van der Waals surface area contributed by atoms with Crippen LogP contribution in [0.25, 0.3) is 0 Å². The maximum Gasteiger partial charge on any atom is 0.209 e. The Labute approximate surface area is 117 Å². The Hall–Kier alpha value is -1.30. The molecule has 6 heteroatoms. The first-order valence-corrected chi connectivity index (χ1v) is 7.32. The van der Waals surface area contributed by atoms with Crippen molar-refractivity contribution in [2.75, 3.05) is 0 Å². The average Bonchev–Trinajstić information content (AvgIpc) is 2.96. The number of aryl methyl sites for hydroxylation is 1. The Kier molecular flexibility index (Phi) is 3.99. The van der Waals surface area contributed by atoms with Gasteiger partial charge in [-0.25, -0.2) is 9.97 Å². The van der Waals surface area contributed by atoms with Gasteiger partial charge in [-0.1, -0.05) is 39.5 Å². The average molecular weight is 280 g/mol. The lowest BCUT2D eigenvalue weighted by molar-refractivity contribution is 0.383. The van der Waals surface area contributed by atoms with E-state index >= 15 is 0 Å². The molecule has 19 heavy (non-hydrogen) atoms. The van der Waals surface area contributed by atoms with Crippen molar-refractivity contribution in [3.8, 4) is 0 Å². The number of nitrogens with one attached hydrogen (secondary N) is 1. The van der Waals surface area contributed by atoms with Gasteiger partial charge in [0, 0.05) is 11.8 Å². The van der Waals surface area contributed by atoms with E-state index in [1.54, 1.807) is 11.8 Å². The first kappa shape index (κ1) is 14.1. The number of aromatic nitrogens is 4. The van der Waals surface area contributed by atoms with E-state index < -0.39 is 0 Å². The van der Waals surface area contributed by atoms with E-state index in [-0.39, 0.29) is 10.7 Å². The zero-order chi connectivity index (χ0) is 14.0. The molecule has 104 valence electrons. The minimum absolute atomic E-state index is 0.0183. The molecule has 2 aromatic rings. The highest BCUT2D eigenvalue weighted by atomic mass is 32.2. The number of aromatic amines is 1. The second-order valence-corrected chi connectivity index (χ2v) is 6.80. The quantitative estimate of drug-likeness (QED) is 0.868. The molecule has 1 atom stereocenters. The fourth-order valence-corrected chi connectivity index (χ4v) is 2.31. The van der Waals surface area contributed by atoms with E-state index in [4.69, 9.17) is 4.42 Å². The molecule has 0 amide bonds. The molecule has 2 aromatic heterocycles. The third kappa shape index (κ3) is 3.37. The molecule has 0 aliphatic carbocycles. The van der Waals surface area contributed by atoms with Crippen LogP contribution in [0.2, 0.25) is 0 Å². The Balaban J connectivity index is 2.07. The van der Waals surface area contributed by atoms with Gasteiger partial charge in [-0.15, -0.1) is 5.10 Å². The first-order valence-electron chi connectivity index (χ1n) is 6.44. The lowest BCUT2D eigenvalue weighted by atomic mass is 9.94. The summed E-state index contributed by atoms with van der Waals surface area (Å²) in [6.07, 6.45) is 2.66. The number of H-pyrrole nitrogens is 1. The lowest BCUT2D eigenvalue weighted by Crippen LogP contribution is -2.09. The van der Waals surface area contributed by atoms with Crippen molar-refractivity contribution in [2.45, 2.75) is 56.9 Å². The van der Waals surface area contributed by atoms with Crippen LogP contribution in [-0.2, 0) is 11.8 Å². The number of thioether (sulfide) groups is 1. The molecular weight excluding hydrogens is 260 g/mol. The summed E-state index contributed by atoms with van der Waals surface area (Å²) in [5.74, 6) is 2.52. The Bertz CT molecular complexity index is 541. The topological polar surface area (TPSA) is 67.6 Å². The van der Waals surface area contributed by atoms with Crippen LogP contribution >= 0.6 is 11.8 Å². The van der Waals surface area contributed by atoms with Crippen molar-refractivity contribution in [3.05, 3.63) is 23.7 Å². The molecule has 5 nitrogen and oxygen atoms in total. The highest BCUT2D eigenvalue weighted by molar-refractivity contribution is 7.99. The zero-order valence-corrected chi connectivity index (χ0v) is 12.8. The summed E-state index contributed by atoms with van der Waals surface area (Å²) in [6, 6.07) is 0. The third-order valence-electron chi connectivity index (χ3n) is 2.74. The summed E-state index contributed by atoms with van der Waals surface area (Å²) >= 11 is 1.55. The number of rotatable bonds is 4. The highest BCUT2D eigenvalue weighted by Crippen LogP contribution is 2.34. The molecule has 2 rings (SSSR count). The molecule has 0 spiro atoms. The van der Waals surface area contributed by atoms with Crippen LogP contribution in [0, 0.1) is 0 Å². The van der Waals surface area contributed by atoms with E-state index in [0.29, 0.717) is 0 Å². The van der Waals surface area contributed by atoms with Gasteiger partial charge in [0.05, 0.1) is 11.4 Å². The smallest absolute Gasteiger partial charge is 0.209 e. The molecule has 0 aromatic carbocycles. The van der Waals surface area contributed by atoms with Crippen LogP contribution in [0.5, 0.6) is 0 Å². The maximum atomic E-state index is 5.82. The van der Waals surface area contributed by atoms with Gasteiger partial charge < -0.3 is 4.42 Å². The van der Waals surface area contributed by atoms with Crippen LogP contribution in [0.1, 0.15) is 57.3 Å². The zero-order valence-electron chi connectivity index (χ0n) is 12.0. The van der Waals surface area contributed by atoms with Gasteiger partial charge in [0.25, 0.3) is 0 Å². The number of hydrogen-bond acceptors (Lipinski definition) is 5. The van der Waals surface area contributed by atoms with Crippen molar-refractivity contribution < 1.29 is 4.42 Å². The molecule has 0 bridgehead atoms. The first-order chi connectivity index (χ1) is 8.90. The van der Waals surface area contributed by atoms with Crippen LogP contribution in [0.4, 0.5) is 0 Å². The minimum Gasteiger partial charge on any atom is -0.444 e. The van der Waals surface area contributed by atoms with E-state index in [2.05, 4.69) is 40.9 Å². The highest BCUT2D eigenvalue weighted by Gasteiger charge is 2.22. The van der Waals surface area contributed by atoms with Gasteiger partial charge in [-0.3, -0.25) is 5.10 Å². The predicted molar refractivity (Wildman–Crippen MR) is 75.2 cm³/mol. The molecule has 0 aliphatic rings. The number of nitrogens with zero attached hydrogens (tertiary/aromatic N) is 3. The van der Waals surface area contributed by atoms with E-state index in [1.807, 2.05) is 20.0 Å². The standard InChI is InChI=1S/C13H20N4OS/c1-6-10-15-12(17-16-10)19-8(2)11-14-7-9(18-11)13(3,4)5/h7-8H,6H2,1-5H3,(H,15,16,17). The molecule has 0 fully saturated rings. The largest absolute Gasteiger partial charge is 0.444 e. The molecule has 0 saturated carbocycles. The second-order valence-electron chi connectivity index (χ2n) is 5.49. The van der Waals surface area contributed by atoms with Crippen LogP contribution in [-0.4, -0.2) is 20.2 Å². The van der Waals surface area contributed by atoms with E-state index in [9.17, 15) is 0 Å². The molecule has 1 N–H and O–H groups in total. The van der Waals surface area contributed by atoms with Crippen molar-refractivity contribution >= 4 is 11.8 Å². The summed E-state index contributed by atoms with van der Waals surface area (Å²) < 4.78 is 5.82. The maximum absolute atomic E-state index is 5.82. The Morgan fingerprint density at radius 3 is 2.68 bits per heavy atom. The molecule has 0 saturated heterocycles. The van der Waals surface area contributed by atoms with Crippen LogP contribution < -0.4 is 0 Å².